The van der Waals surface area contributed by atoms with Crippen LogP contribution in [0.15, 0.2) is 29.4 Å². The fourth-order valence-electron chi connectivity index (χ4n) is 0.844. The second-order valence-corrected chi connectivity index (χ2v) is 2.24. The molecule has 0 aliphatic heterocycles. The highest BCUT2D eigenvalue weighted by Crippen LogP contribution is 2.11. The maximum atomic E-state index is 8.06. The molecule has 0 fully saturated rings. The first-order valence-electron chi connectivity index (χ1n) is 3.84. The van der Waals surface area contributed by atoms with Gasteiger partial charge in [-0.1, -0.05) is 17.2 Å². The lowest BCUT2D eigenvalue weighted by Crippen LogP contribution is -1.83. The van der Waals surface area contributed by atoms with Crippen molar-refractivity contribution in [2.24, 2.45) is 5.11 Å². The quantitative estimate of drug-likeness (QED) is 0.312. The van der Waals surface area contributed by atoms with E-state index in [9.17, 15) is 0 Å². The molecule has 0 unspecified atom stereocenters. The molecule has 1 aromatic rings. The molecule has 0 atom stereocenters. The highest BCUT2D eigenvalue weighted by Gasteiger charge is 1.91. The van der Waals surface area contributed by atoms with Crippen molar-refractivity contribution in [3.8, 4) is 18.6 Å². The Labute approximate surface area is 83.1 Å². The van der Waals surface area contributed by atoms with Crippen molar-refractivity contribution in [2.45, 2.75) is 6.54 Å². The van der Waals surface area contributed by atoms with E-state index < -0.39 is 0 Å². The smallest absolute Gasteiger partial charge is 0.118 e. The zero-order valence-corrected chi connectivity index (χ0v) is 7.92. The highest BCUT2D eigenvalue weighted by molar-refractivity contribution is 5.26. The maximum absolute atomic E-state index is 8.06. The largest absolute Gasteiger partial charge is 0.497 e. The van der Waals surface area contributed by atoms with Gasteiger partial charge in [0.25, 0.3) is 0 Å². The van der Waals surface area contributed by atoms with Gasteiger partial charge in [-0.3, -0.25) is 0 Å². The molecular formula is C10H11N3O. The lowest BCUT2D eigenvalue weighted by Gasteiger charge is -1.99. The Hall–Kier alpha value is -2.11. The van der Waals surface area contributed by atoms with Gasteiger partial charge in [-0.25, -0.2) is 0 Å². The molecule has 0 aliphatic rings. The monoisotopic (exact) mass is 189 g/mol. The second-order valence-electron chi connectivity index (χ2n) is 2.24. The predicted octanol–water partition coefficient (Wildman–Crippen LogP) is 2.75. The van der Waals surface area contributed by atoms with Gasteiger partial charge in [0.2, 0.25) is 0 Å². The van der Waals surface area contributed by atoms with Gasteiger partial charge in [0.1, 0.15) is 5.75 Å². The summed E-state index contributed by atoms with van der Waals surface area (Å²) >= 11 is 0. The molecule has 0 bridgehead atoms. The van der Waals surface area contributed by atoms with Crippen LogP contribution < -0.4 is 4.74 Å². The van der Waals surface area contributed by atoms with Crippen LogP contribution in [0.2, 0.25) is 0 Å². The molecule has 4 nitrogen and oxygen atoms in total. The third kappa shape index (κ3) is 4.05. The summed E-state index contributed by atoms with van der Waals surface area (Å²) in [5.74, 6) is 0.805. The molecule has 0 saturated heterocycles. The van der Waals surface area contributed by atoms with Gasteiger partial charge in [0.05, 0.1) is 13.7 Å². The van der Waals surface area contributed by atoms with E-state index in [1.54, 1.807) is 7.11 Å². The number of nitrogens with zero attached hydrogens (tertiary/aromatic N) is 3. The van der Waals surface area contributed by atoms with Crippen molar-refractivity contribution >= 4 is 0 Å². The maximum Gasteiger partial charge on any atom is 0.118 e. The Morgan fingerprint density at radius 2 is 1.93 bits per heavy atom. The standard InChI is InChI=1S/C8H9N3O.C2H2/c1-12-8-4-2-7(3-5-8)6-10-11-9;1-2/h2-5H,6H2,1H3;1-2H. The lowest BCUT2D eigenvalue weighted by molar-refractivity contribution is 0.414. The van der Waals surface area contributed by atoms with Crippen molar-refractivity contribution in [1.29, 1.82) is 0 Å². The van der Waals surface area contributed by atoms with Crippen molar-refractivity contribution in [1.82, 2.24) is 0 Å². The first kappa shape index (κ1) is 11.9. The Morgan fingerprint density at radius 3 is 2.36 bits per heavy atom. The van der Waals surface area contributed by atoms with Crippen LogP contribution >= 0.6 is 0 Å². The zero-order valence-electron chi connectivity index (χ0n) is 7.92. The summed E-state index contributed by atoms with van der Waals surface area (Å²) in [4.78, 5) is 2.67. The van der Waals surface area contributed by atoms with Crippen LogP contribution in [-0.2, 0) is 6.54 Å². The molecule has 14 heavy (non-hydrogen) atoms. The molecule has 0 saturated carbocycles. The molecular weight excluding hydrogens is 178 g/mol. The molecule has 0 aliphatic carbocycles. The molecule has 0 aromatic heterocycles. The van der Waals surface area contributed by atoms with E-state index >= 15 is 0 Å². The summed E-state index contributed by atoms with van der Waals surface area (Å²) in [7, 11) is 1.61. The van der Waals surface area contributed by atoms with Crippen LogP contribution in [0, 0.1) is 12.8 Å². The van der Waals surface area contributed by atoms with Crippen LogP contribution in [-0.4, -0.2) is 7.11 Å². The zero-order chi connectivity index (χ0) is 10.8. The molecule has 1 rings (SSSR count). The van der Waals surface area contributed by atoms with Gasteiger partial charge >= 0.3 is 0 Å². The number of ether oxygens (including phenoxy) is 1. The van der Waals surface area contributed by atoms with Crippen molar-refractivity contribution in [2.75, 3.05) is 7.11 Å². The minimum atomic E-state index is 0.389. The number of hydrogen-bond donors (Lipinski definition) is 0. The van der Waals surface area contributed by atoms with E-state index in [2.05, 4.69) is 22.9 Å². The fourth-order valence-corrected chi connectivity index (χ4v) is 0.844. The van der Waals surface area contributed by atoms with Crippen LogP contribution in [0.1, 0.15) is 5.56 Å². The topological polar surface area (TPSA) is 58.0 Å². The molecule has 0 spiro atoms. The van der Waals surface area contributed by atoms with Crippen LogP contribution in [0.3, 0.4) is 0 Å². The summed E-state index contributed by atoms with van der Waals surface area (Å²) in [6.07, 6.45) is 8.00. The second kappa shape index (κ2) is 7.53. The van der Waals surface area contributed by atoms with Crippen molar-refractivity contribution in [3.63, 3.8) is 0 Å². The van der Waals surface area contributed by atoms with E-state index in [4.69, 9.17) is 10.3 Å². The summed E-state index contributed by atoms with van der Waals surface area (Å²) in [5.41, 5.74) is 9.04. The Morgan fingerprint density at radius 1 is 1.36 bits per heavy atom. The molecule has 4 heteroatoms. The average Bonchev–Trinajstić information content (AvgIpc) is 2.30. The first-order chi connectivity index (χ1) is 6.86. The third-order valence-electron chi connectivity index (χ3n) is 1.48. The predicted molar refractivity (Wildman–Crippen MR) is 55.7 cm³/mol. The number of terminal acetylenes is 1. The van der Waals surface area contributed by atoms with Crippen LogP contribution in [0.25, 0.3) is 10.4 Å². The normalized spacial score (nSPS) is 7.64. The van der Waals surface area contributed by atoms with Gasteiger partial charge in [0, 0.05) is 4.91 Å². The van der Waals surface area contributed by atoms with Crippen LogP contribution in [0.4, 0.5) is 0 Å². The van der Waals surface area contributed by atoms with Gasteiger partial charge in [-0.2, -0.15) is 0 Å². The Balaban J connectivity index is 0.000000791. The minimum absolute atomic E-state index is 0.389. The fraction of sp³-hybridized carbons (Fsp3) is 0.200. The van der Waals surface area contributed by atoms with Gasteiger partial charge in [-0.05, 0) is 23.2 Å². The molecule has 0 amide bonds. The summed E-state index contributed by atoms with van der Waals surface area (Å²) in [6, 6.07) is 7.41. The SMILES string of the molecule is C#C.COc1ccc(CN=[N+]=[N-])cc1. The van der Waals surface area contributed by atoms with E-state index in [0.29, 0.717) is 6.54 Å². The minimum Gasteiger partial charge on any atom is -0.497 e. The molecule has 0 radical (unpaired) electrons. The average molecular weight is 189 g/mol. The number of azide groups is 1. The van der Waals surface area contributed by atoms with E-state index in [0.717, 1.165) is 11.3 Å². The van der Waals surface area contributed by atoms with Gasteiger partial charge < -0.3 is 4.74 Å². The molecule has 1 aromatic carbocycles. The number of benzene rings is 1. The summed E-state index contributed by atoms with van der Waals surface area (Å²) < 4.78 is 4.97. The van der Waals surface area contributed by atoms with E-state index in [-0.39, 0.29) is 0 Å². The van der Waals surface area contributed by atoms with E-state index in [1.165, 1.54) is 0 Å². The van der Waals surface area contributed by atoms with Crippen LogP contribution in [0.5, 0.6) is 5.75 Å². The lowest BCUT2D eigenvalue weighted by atomic mass is 10.2. The summed E-state index contributed by atoms with van der Waals surface area (Å²) in [5, 5.41) is 3.44. The van der Waals surface area contributed by atoms with E-state index in [1.807, 2.05) is 24.3 Å². The number of hydrogen-bond acceptors (Lipinski definition) is 2. The number of rotatable bonds is 3. The number of methoxy groups -OCH3 is 1. The van der Waals surface area contributed by atoms with Crippen molar-refractivity contribution < 1.29 is 4.74 Å². The Kier molecular flexibility index (Phi) is 6.40. The molecule has 0 heterocycles. The van der Waals surface area contributed by atoms with Gasteiger partial charge in [-0.15, -0.1) is 12.8 Å². The molecule has 0 N–H and O–H groups in total. The Bertz CT molecular complexity index is 323. The van der Waals surface area contributed by atoms with Gasteiger partial charge in [0.15, 0.2) is 0 Å². The molecule has 72 valence electrons. The van der Waals surface area contributed by atoms with Crippen molar-refractivity contribution in [3.05, 3.63) is 40.3 Å². The third-order valence-corrected chi connectivity index (χ3v) is 1.48. The summed E-state index contributed by atoms with van der Waals surface area (Å²) in [6.45, 7) is 0.389. The first-order valence-corrected chi connectivity index (χ1v) is 3.84. The highest BCUT2D eigenvalue weighted by atomic mass is 16.5.